The van der Waals surface area contributed by atoms with Crippen LogP contribution in [0.1, 0.15) is 13.3 Å². The van der Waals surface area contributed by atoms with Crippen molar-refractivity contribution in [3.05, 3.63) is 24.3 Å². The van der Waals surface area contributed by atoms with Crippen molar-refractivity contribution in [3.8, 4) is 5.75 Å². The van der Waals surface area contributed by atoms with Crippen molar-refractivity contribution in [3.63, 3.8) is 0 Å². The second-order valence-corrected chi connectivity index (χ2v) is 5.95. The Morgan fingerprint density at radius 2 is 2.38 bits per heavy atom. The number of hydrogen-bond donors (Lipinski definition) is 2. The smallest absolute Gasteiger partial charge is 0.264 e. The minimum Gasteiger partial charge on any atom is -0.484 e. The maximum absolute atomic E-state index is 11.8. The van der Waals surface area contributed by atoms with Crippen LogP contribution >= 0.6 is 23.3 Å². The molecule has 0 fully saturated rings. The van der Waals surface area contributed by atoms with Gasteiger partial charge in [0, 0.05) is 29.0 Å². The molecule has 0 spiro atoms. The zero-order valence-electron chi connectivity index (χ0n) is 11.5. The summed E-state index contributed by atoms with van der Waals surface area (Å²) in [5, 5.41) is 3.83. The van der Waals surface area contributed by atoms with Gasteiger partial charge in [-0.2, -0.15) is 9.36 Å². The summed E-state index contributed by atoms with van der Waals surface area (Å²) in [5.74, 6) is 1.24. The van der Waals surface area contributed by atoms with E-state index < -0.39 is 0 Å². The largest absolute Gasteiger partial charge is 0.484 e. The van der Waals surface area contributed by atoms with Crippen LogP contribution in [-0.4, -0.2) is 27.6 Å². The van der Waals surface area contributed by atoms with Crippen LogP contribution in [0, 0.1) is 0 Å². The molecule has 2 aromatic rings. The monoisotopic (exact) mass is 324 g/mol. The topological polar surface area (TPSA) is 90.1 Å². The molecule has 3 N–H and O–H groups in total. The van der Waals surface area contributed by atoms with Crippen molar-refractivity contribution in [2.75, 3.05) is 23.4 Å². The molecule has 6 nitrogen and oxygen atoms in total. The first kappa shape index (κ1) is 15.6. The first-order valence-corrected chi connectivity index (χ1v) is 8.18. The van der Waals surface area contributed by atoms with E-state index >= 15 is 0 Å². The minimum atomic E-state index is -0.277. The summed E-state index contributed by atoms with van der Waals surface area (Å²) in [7, 11) is 0. The fourth-order valence-electron chi connectivity index (χ4n) is 1.42. The van der Waals surface area contributed by atoms with E-state index in [0.29, 0.717) is 21.7 Å². The fraction of sp³-hybridized carbons (Fsp3) is 0.308. The number of carbonyl (C=O) groups excluding carboxylic acids is 1. The van der Waals surface area contributed by atoms with Crippen LogP contribution in [0.25, 0.3) is 0 Å². The number of nitrogens with zero attached hydrogens (tertiary/aromatic N) is 2. The number of thioether (sulfide) groups is 1. The molecule has 1 aromatic heterocycles. The number of ether oxygens (including phenoxy) is 1. The Morgan fingerprint density at radius 1 is 1.52 bits per heavy atom. The molecule has 0 aliphatic heterocycles. The Labute approximate surface area is 131 Å². The third kappa shape index (κ3) is 5.24. The molecular weight excluding hydrogens is 308 g/mol. The second-order valence-electron chi connectivity index (χ2n) is 4.14. The zero-order chi connectivity index (χ0) is 15.1. The number of rotatable bonds is 7. The highest BCUT2D eigenvalue weighted by Gasteiger charge is 2.09. The molecule has 0 saturated heterocycles. The number of anilines is 2. The van der Waals surface area contributed by atoms with E-state index in [4.69, 9.17) is 10.5 Å². The van der Waals surface area contributed by atoms with Gasteiger partial charge in [-0.15, -0.1) is 0 Å². The highest BCUT2D eigenvalue weighted by atomic mass is 32.2. The lowest BCUT2D eigenvalue weighted by atomic mass is 10.3. The van der Waals surface area contributed by atoms with E-state index in [-0.39, 0.29) is 12.5 Å². The summed E-state index contributed by atoms with van der Waals surface area (Å²) in [4.78, 5) is 16.0. The number of carbonyl (C=O) groups is 1. The van der Waals surface area contributed by atoms with E-state index in [9.17, 15) is 4.79 Å². The van der Waals surface area contributed by atoms with Gasteiger partial charge in [-0.25, -0.2) is 0 Å². The SMILES string of the molecule is CCCSc1nsc(NC(=O)COc2cccc(N)c2)n1. The van der Waals surface area contributed by atoms with Crippen LogP contribution in [0.3, 0.4) is 0 Å². The Morgan fingerprint density at radius 3 is 3.14 bits per heavy atom. The van der Waals surface area contributed by atoms with Gasteiger partial charge >= 0.3 is 0 Å². The molecule has 0 atom stereocenters. The number of hydrogen-bond acceptors (Lipinski definition) is 7. The first-order chi connectivity index (χ1) is 10.2. The van der Waals surface area contributed by atoms with Gasteiger partial charge in [-0.05, 0) is 18.6 Å². The van der Waals surface area contributed by atoms with Crippen molar-refractivity contribution < 1.29 is 9.53 Å². The van der Waals surface area contributed by atoms with Crippen LogP contribution in [0.2, 0.25) is 0 Å². The summed E-state index contributed by atoms with van der Waals surface area (Å²) in [5.41, 5.74) is 6.22. The highest BCUT2D eigenvalue weighted by Crippen LogP contribution is 2.20. The normalized spacial score (nSPS) is 10.3. The lowest BCUT2D eigenvalue weighted by Gasteiger charge is -2.05. The predicted molar refractivity (Wildman–Crippen MR) is 85.9 cm³/mol. The summed E-state index contributed by atoms with van der Waals surface area (Å²) in [6.07, 6.45) is 1.06. The van der Waals surface area contributed by atoms with Crippen molar-refractivity contribution in [2.24, 2.45) is 0 Å². The number of nitrogens with one attached hydrogen (secondary N) is 1. The molecule has 0 unspecified atom stereocenters. The van der Waals surface area contributed by atoms with Gasteiger partial charge < -0.3 is 10.5 Å². The lowest BCUT2D eigenvalue weighted by Crippen LogP contribution is -2.20. The number of amides is 1. The second kappa shape index (κ2) is 7.84. The summed E-state index contributed by atoms with van der Waals surface area (Å²) < 4.78 is 9.51. The third-order valence-electron chi connectivity index (χ3n) is 2.32. The minimum absolute atomic E-state index is 0.0968. The van der Waals surface area contributed by atoms with E-state index in [2.05, 4.69) is 21.6 Å². The van der Waals surface area contributed by atoms with Crippen molar-refractivity contribution >= 4 is 40.0 Å². The van der Waals surface area contributed by atoms with Crippen molar-refractivity contribution in [1.82, 2.24) is 9.36 Å². The first-order valence-electron chi connectivity index (χ1n) is 6.42. The van der Waals surface area contributed by atoms with Crippen LogP contribution < -0.4 is 15.8 Å². The summed E-state index contributed by atoms with van der Waals surface area (Å²) in [6, 6.07) is 6.93. The van der Waals surface area contributed by atoms with Gasteiger partial charge in [-0.1, -0.05) is 24.8 Å². The van der Waals surface area contributed by atoms with Gasteiger partial charge in [0.1, 0.15) is 5.75 Å². The fourth-order valence-corrected chi connectivity index (χ4v) is 2.84. The lowest BCUT2D eigenvalue weighted by molar-refractivity contribution is -0.118. The van der Waals surface area contributed by atoms with Gasteiger partial charge in [0.15, 0.2) is 6.61 Å². The average Bonchev–Trinajstić information content (AvgIpc) is 2.90. The number of benzene rings is 1. The number of nitrogen functional groups attached to an aromatic ring is 1. The molecule has 0 bridgehead atoms. The predicted octanol–water partition coefficient (Wildman–Crippen LogP) is 2.64. The van der Waals surface area contributed by atoms with Crippen molar-refractivity contribution in [2.45, 2.75) is 18.5 Å². The quantitative estimate of drug-likeness (QED) is 0.601. The zero-order valence-corrected chi connectivity index (χ0v) is 13.2. The number of aromatic nitrogens is 2. The Kier molecular flexibility index (Phi) is 5.82. The van der Waals surface area contributed by atoms with Crippen LogP contribution in [-0.2, 0) is 4.79 Å². The van der Waals surface area contributed by atoms with Gasteiger partial charge in [0.05, 0.1) is 0 Å². The van der Waals surface area contributed by atoms with E-state index in [0.717, 1.165) is 23.7 Å². The van der Waals surface area contributed by atoms with E-state index in [1.165, 1.54) is 0 Å². The van der Waals surface area contributed by atoms with E-state index in [1.54, 1.807) is 36.0 Å². The van der Waals surface area contributed by atoms with Gasteiger partial charge in [-0.3, -0.25) is 10.1 Å². The molecule has 2 rings (SSSR count). The molecule has 0 radical (unpaired) electrons. The molecule has 1 heterocycles. The standard InChI is InChI=1S/C13H16N4O2S2/c1-2-6-20-13-16-12(21-17-13)15-11(18)8-19-10-5-3-4-9(14)7-10/h3-5,7H,2,6,8,14H2,1H3,(H,15,16,17,18). The molecule has 1 aromatic carbocycles. The molecule has 1 amide bonds. The van der Waals surface area contributed by atoms with E-state index in [1.807, 2.05) is 0 Å². The van der Waals surface area contributed by atoms with Crippen molar-refractivity contribution in [1.29, 1.82) is 0 Å². The van der Waals surface area contributed by atoms with Gasteiger partial charge in [0.25, 0.3) is 5.91 Å². The van der Waals surface area contributed by atoms with Crippen LogP contribution in [0.5, 0.6) is 5.75 Å². The molecule has 21 heavy (non-hydrogen) atoms. The molecular formula is C13H16N4O2S2. The maximum atomic E-state index is 11.8. The summed E-state index contributed by atoms with van der Waals surface area (Å²) in [6.45, 7) is 2.00. The molecule has 0 saturated carbocycles. The molecule has 0 aliphatic rings. The van der Waals surface area contributed by atoms with Crippen LogP contribution in [0.4, 0.5) is 10.8 Å². The number of nitrogens with two attached hydrogens (primary N) is 1. The average molecular weight is 324 g/mol. The molecule has 0 aliphatic carbocycles. The summed E-state index contributed by atoms with van der Waals surface area (Å²) >= 11 is 2.73. The Balaban J connectivity index is 1.80. The maximum Gasteiger partial charge on any atom is 0.264 e. The highest BCUT2D eigenvalue weighted by molar-refractivity contribution is 7.99. The third-order valence-corrected chi connectivity index (χ3v) is 4.12. The molecule has 8 heteroatoms. The Bertz CT molecular complexity index is 603. The molecule has 112 valence electrons. The van der Waals surface area contributed by atoms with Gasteiger partial charge in [0.2, 0.25) is 10.3 Å². The Hall–Kier alpha value is -1.80. The van der Waals surface area contributed by atoms with Crippen LogP contribution in [0.15, 0.2) is 29.4 Å².